The monoisotopic (exact) mass is 879 g/mol. The SMILES string of the molecule is CC(C)(C)P(=N)(N=P(C(C)(C)C)(C(C)(C)C)C(C)(C)C)C(C)(C)C.CC(C)(C)P(=N[Si](C)(C)C)(N=P(C(C)(C)C)(C(C)(C)C)C(C)(C)C)C(C)(C)C.C[O-].[Na+]. The smallest absolute Gasteiger partial charge is 0.857 e. The molecule has 11 heteroatoms. The Labute approximate surface area is 373 Å². The summed E-state index contributed by atoms with van der Waals surface area (Å²) >= 11 is 0. The molecule has 0 saturated heterocycles. The van der Waals surface area contributed by atoms with Crippen LogP contribution in [-0.4, -0.2) is 66.9 Å². The Bertz CT molecular complexity index is 1330. The van der Waals surface area contributed by atoms with Gasteiger partial charge in [-0.3, -0.25) is 14.2 Å². The van der Waals surface area contributed by atoms with Crippen LogP contribution in [0.5, 0.6) is 0 Å². The van der Waals surface area contributed by atoms with E-state index in [2.05, 4.69) is 227 Å². The molecule has 0 aliphatic carbocycles. The van der Waals surface area contributed by atoms with E-state index in [1.54, 1.807) is 0 Å². The first-order valence-corrected chi connectivity index (χ1v) is 31.0. The van der Waals surface area contributed by atoms with Gasteiger partial charge in [0.2, 0.25) is 0 Å². The molecule has 0 aromatic rings. The van der Waals surface area contributed by atoms with E-state index in [9.17, 15) is 5.16 Å². The summed E-state index contributed by atoms with van der Waals surface area (Å²) in [5.41, 5.74) is 0. The van der Waals surface area contributed by atoms with Crippen molar-refractivity contribution >= 4 is 36.8 Å². The van der Waals surface area contributed by atoms with Gasteiger partial charge in [-0.1, -0.05) is 227 Å². The van der Waals surface area contributed by atoms with Crippen LogP contribution in [0.3, 0.4) is 0 Å². The van der Waals surface area contributed by atoms with E-state index in [4.69, 9.17) is 18.5 Å². The van der Waals surface area contributed by atoms with E-state index >= 15 is 0 Å². The summed E-state index contributed by atoms with van der Waals surface area (Å²) in [7, 11) is -9.02. The second-order valence-corrected chi connectivity index (χ2v) is 51.7. The maximum Gasteiger partial charge on any atom is 1.00 e. The normalized spacial score (nSPS) is 15.5. The molecule has 0 saturated carbocycles. The molecule has 0 atom stereocenters. The van der Waals surface area contributed by atoms with Gasteiger partial charge in [0.15, 0.2) is 8.24 Å². The first-order valence-electron chi connectivity index (χ1n) is 20.6. The molecule has 55 heavy (non-hydrogen) atoms. The fourth-order valence-electron chi connectivity index (χ4n) is 10.5. The zero-order valence-corrected chi connectivity index (χ0v) is 51.1. The van der Waals surface area contributed by atoms with Gasteiger partial charge in [0.25, 0.3) is 0 Å². The Kier molecular flexibility index (Phi) is 21.8. The fraction of sp³-hybridized carbons (Fsp3) is 1.00. The molecule has 0 fully saturated rings. The molecule has 0 radical (unpaired) electrons. The third kappa shape index (κ3) is 13.5. The molecule has 0 aliphatic heterocycles. The predicted octanol–water partition coefficient (Wildman–Crippen LogP) is 15.0. The molecule has 0 bridgehead atoms. The van der Waals surface area contributed by atoms with Crippen molar-refractivity contribution in [3.8, 4) is 0 Å². The third-order valence-electron chi connectivity index (χ3n) is 10.6. The minimum Gasteiger partial charge on any atom is -0.857 e. The van der Waals surface area contributed by atoms with Crippen molar-refractivity contribution in [3.63, 3.8) is 0 Å². The molecule has 0 spiro atoms. The van der Waals surface area contributed by atoms with Gasteiger partial charge >= 0.3 is 29.6 Å². The fourth-order valence-corrected chi connectivity index (χ4v) is 46.9. The summed E-state index contributed by atoms with van der Waals surface area (Å²) < 4.78 is 17.9. The van der Waals surface area contributed by atoms with Crippen LogP contribution in [0.2, 0.25) is 19.6 Å². The summed E-state index contributed by atoms with van der Waals surface area (Å²) in [5.74, 6) is 0. The summed E-state index contributed by atoms with van der Waals surface area (Å²) in [6, 6.07) is 0. The maximum absolute atomic E-state index is 9.69. The molecule has 0 heterocycles. The van der Waals surface area contributed by atoms with E-state index in [-0.39, 0.29) is 81.1 Å². The van der Waals surface area contributed by atoms with Crippen molar-refractivity contribution in [2.45, 2.75) is 279 Å². The van der Waals surface area contributed by atoms with Crippen LogP contribution in [0, 0.1) is 5.16 Å². The number of nitrogens with zero attached hydrogens (tertiary/aromatic N) is 3. The van der Waals surface area contributed by atoms with Gasteiger partial charge in [0.1, 0.15) is 0 Å². The van der Waals surface area contributed by atoms with Crippen LogP contribution >= 0.6 is 28.5 Å². The van der Waals surface area contributed by atoms with E-state index in [0.717, 1.165) is 7.11 Å². The predicted molar refractivity (Wildman–Crippen MR) is 264 cm³/mol. The largest absolute Gasteiger partial charge is 1.00 e. The molecule has 0 rings (SSSR count). The maximum atomic E-state index is 9.69. The Hall–Kier alpha value is 2.10. The van der Waals surface area contributed by atoms with Crippen molar-refractivity contribution in [2.75, 3.05) is 7.11 Å². The average molecular weight is 879 g/mol. The molecule has 0 unspecified atom stereocenters. The second-order valence-electron chi connectivity index (χ2n) is 26.7. The van der Waals surface area contributed by atoms with Crippen LogP contribution in [0.4, 0.5) is 0 Å². The van der Waals surface area contributed by atoms with Gasteiger partial charge in [0.05, 0.1) is 14.4 Å². The molecule has 0 aliphatic rings. The van der Waals surface area contributed by atoms with Crippen molar-refractivity contribution in [1.82, 2.24) is 0 Å². The van der Waals surface area contributed by atoms with Gasteiger partial charge in [-0.2, -0.15) is 7.11 Å². The molecule has 1 N–H and O–H groups in total. The van der Waals surface area contributed by atoms with E-state index < -0.39 is 36.8 Å². The quantitative estimate of drug-likeness (QED) is 0.222. The minimum atomic E-state index is -2.32. The molecule has 330 valence electrons. The van der Waals surface area contributed by atoms with Gasteiger partial charge in [-0.15, -0.1) is 0 Å². The molecule has 5 nitrogen and oxygen atoms in total. The van der Waals surface area contributed by atoms with Gasteiger partial charge in [0, 0.05) is 20.6 Å². The molecular weight excluding hydrogens is 775 g/mol. The molecule has 0 aromatic carbocycles. The van der Waals surface area contributed by atoms with E-state index in [1.165, 1.54) is 0 Å². The van der Waals surface area contributed by atoms with Crippen LogP contribution in [0.1, 0.15) is 208 Å². The van der Waals surface area contributed by atoms with Gasteiger partial charge in [-0.05, 0) is 45.0 Å². The van der Waals surface area contributed by atoms with E-state index in [1.807, 2.05) is 0 Å². The van der Waals surface area contributed by atoms with Gasteiger partial charge < -0.3 is 9.52 Å². The standard InChI is InChI=1S/C23H54N2P2Si.C20H46N2P2.CH3O.Na/c1-19(2,3)26(20(4,5)6,21(7,8)9)24-27(22(10,11)12,23(13,14)15)25-28(16,17)18;1-16(2,3)23(17(4,5)6,18(7,8)9)22-24(21,19(10,11)12)20(13,14)15;1-2;/h1-18H3;21H,1-15H3;1H3;/q;;-1;+1. The third-order valence-corrected chi connectivity index (χ3v) is 37.7. The van der Waals surface area contributed by atoms with Crippen LogP contribution in [0.25, 0.3) is 0 Å². The van der Waals surface area contributed by atoms with E-state index in [0.29, 0.717) is 0 Å². The zero-order chi connectivity index (χ0) is 45.6. The Morgan fingerprint density at radius 3 is 0.655 bits per heavy atom. The number of rotatable bonds is 3. The molecular formula is C44H103N4NaOP4Si. The summed E-state index contributed by atoms with van der Waals surface area (Å²) in [5, 5.41) is 18.4. The zero-order valence-electron chi connectivity index (χ0n) is 44.5. The van der Waals surface area contributed by atoms with Crippen molar-refractivity contribution in [2.24, 2.45) is 13.4 Å². The Balaban J connectivity index is -0.000000449. The molecule has 0 aromatic heterocycles. The van der Waals surface area contributed by atoms with Crippen LogP contribution in [-0.2, 0) is 0 Å². The van der Waals surface area contributed by atoms with Crippen LogP contribution in [0.15, 0.2) is 13.4 Å². The van der Waals surface area contributed by atoms with Crippen molar-refractivity contribution in [3.05, 3.63) is 0 Å². The first kappa shape index (κ1) is 63.7. The summed E-state index contributed by atoms with van der Waals surface area (Å²) in [6.07, 6.45) is 0. The van der Waals surface area contributed by atoms with Gasteiger partial charge in [-0.25, -0.2) is 0 Å². The summed E-state index contributed by atoms with van der Waals surface area (Å²) in [6.45, 7) is 78.1. The van der Waals surface area contributed by atoms with Crippen molar-refractivity contribution in [1.29, 1.82) is 5.16 Å². The average Bonchev–Trinajstić information content (AvgIpc) is 2.77. The summed E-state index contributed by atoms with van der Waals surface area (Å²) in [4.78, 5) is 0. The Morgan fingerprint density at radius 2 is 0.527 bits per heavy atom. The minimum absolute atomic E-state index is 0. The second kappa shape index (κ2) is 18.8. The number of hydrogen-bond donors (Lipinski definition) is 1. The first-order chi connectivity index (χ1) is 22.6. The number of nitrogens with one attached hydrogen (secondary N) is 1. The number of hydrogen-bond acceptors (Lipinski definition) is 3. The topological polar surface area (TPSA) is 84.0 Å². The molecule has 0 amide bonds. The van der Waals surface area contributed by atoms with Crippen molar-refractivity contribution < 1.29 is 34.7 Å². The van der Waals surface area contributed by atoms with Crippen LogP contribution < -0.4 is 34.7 Å². The Morgan fingerprint density at radius 1 is 0.345 bits per heavy atom.